The van der Waals surface area contributed by atoms with Crippen LogP contribution in [0.4, 0.5) is 0 Å². The van der Waals surface area contributed by atoms with Crippen LogP contribution in [0, 0.1) is 11.8 Å². The van der Waals surface area contributed by atoms with E-state index in [9.17, 15) is 0 Å². The average Bonchev–Trinajstić information content (AvgIpc) is 2.40. The first-order valence-electron chi connectivity index (χ1n) is 6.97. The standard InChI is InChI=1S/C14H29N/c1-4-10-15-14-9-7-5-6-8-13(14)11-12(2)3/h12-15H,4-11H2,1-3H3. The van der Waals surface area contributed by atoms with Crippen molar-refractivity contribution < 1.29 is 0 Å². The fourth-order valence-electron chi connectivity index (χ4n) is 2.87. The Morgan fingerprint density at radius 1 is 1.13 bits per heavy atom. The fourth-order valence-corrected chi connectivity index (χ4v) is 2.87. The lowest BCUT2D eigenvalue weighted by Gasteiger charge is -2.27. The molecule has 0 aliphatic heterocycles. The lowest BCUT2D eigenvalue weighted by molar-refractivity contribution is 0.287. The molecule has 0 aromatic heterocycles. The van der Waals surface area contributed by atoms with E-state index in [4.69, 9.17) is 0 Å². The summed E-state index contributed by atoms with van der Waals surface area (Å²) >= 11 is 0. The van der Waals surface area contributed by atoms with Gasteiger partial charge in [-0.05, 0) is 44.1 Å². The third kappa shape index (κ3) is 5.01. The highest BCUT2D eigenvalue weighted by atomic mass is 14.9. The molecule has 0 bridgehead atoms. The van der Waals surface area contributed by atoms with Gasteiger partial charge in [0.2, 0.25) is 0 Å². The Balaban J connectivity index is 2.43. The predicted molar refractivity (Wildman–Crippen MR) is 68.1 cm³/mol. The van der Waals surface area contributed by atoms with Gasteiger partial charge in [0.15, 0.2) is 0 Å². The summed E-state index contributed by atoms with van der Waals surface area (Å²) < 4.78 is 0. The molecule has 0 amide bonds. The molecule has 2 atom stereocenters. The van der Waals surface area contributed by atoms with Gasteiger partial charge in [-0.15, -0.1) is 0 Å². The molecule has 1 fully saturated rings. The lowest BCUT2D eigenvalue weighted by atomic mass is 9.87. The van der Waals surface area contributed by atoms with Crippen LogP contribution in [0.3, 0.4) is 0 Å². The van der Waals surface area contributed by atoms with E-state index in [1.165, 1.54) is 51.5 Å². The number of rotatable bonds is 5. The highest BCUT2D eigenvalue weighted by Crippen LogP contribution is 2.28. The van der Waals surface area contributed by atoms with Gasteiger partial charge < -0.3 is 5.32 Å². The Kier molecular flexibility index (Phi) is 6.31. The van der Waals surface area contributed by atoms with Gasteiger partial charge in [0.1, 0.15) is 0 Å². The first kappa shape index (κ1) is 13.0. The van der Waals surface area contributed by atoms with Crippen molar-refractivity contribution in [2.75, 3.05) is 6.54 Å². The Morgan fingerprint density at radius 2 is 1.87 bits per heavy atom. The van der Waals surface area contributed by atoms with E-state index in [1.807, 2.05) is 0 Å². The summed E-state index contributed by atoms with van der Waals surface area (Å²) in [5.41, 5.74) is 0. The minimum absolute atomic E-state index is 0.815. The van der Waals surface area contributed by atoms with Crippen molar-refractivity contribution in [1.82, 2.24) is 5.32 Å². The van der Waals surface area contributed by atoms with Crippen LogP contribution >= 0.6 is 0 Å². The first-order chi connectivity index (χ1) is 7.24. The smallest absolute Gasteiger partial charge is 0.00954 e. The third-order valence-electron chi connectivity index (χ3n) is 3.59. The maximum absolute atomic E-state index is 3.77. The van der Waals surface area contributed by atoms with Crippen molar-refractivity contribution in [2.24, 2.45) is 11.8 Å². The van der Waals surface area contributed by atoms with Crippen LogP contribution in [0.5, 0.6) is 0 Å². The molecule has 90 valence electrons. The quantitative estimate of drug-likeness (QED) is 0.678. The Labute approximate surface area is 96.0 Å². The van der Waals surface area contributed by atoms with Gasteiger partial charge in [0.25, 0.3) is 0 Å². The van der Waals surface area contributed by atoms with Crippen LogP contribution in [0.25, 0.3) is 0 Å². The molecular formula is C14H29N. The van der Waals surface area contributed by atoms with Crippen molar-refractivity contribution in [3.05, 3.63) is 0 Å². The molecule has 1 saturated carbocycles. The van der Waals surface area contributed by atoms with Crippen LogP contribution in [-0.2, 0) is 0 Å². The maximum Gasteiger partial charge on any atom is 0.00954 e. The third-order valence-corrected chi connectivity index (χ3v) is 3.59. The molecule has 1 heteroatoms. The molecule has 1 nitrogen and oxygen atoms in total. The van der Waals surface area contributed by atoms with Gasteiger partial charge in [0.05, 0.1) is 0 Å². The Hall–Kier alpha value is -0.0400. The zero-order valence-corrected chi connectivity index (χ0v) is 10.9. The van der Waals surface area contributed by atoms with Gasteiger partial charge in [-0.25, -0.2) is 0 Å². The molecule has 2 unspecified atom stereocenters. The van der Waals surface area contributed by atoms with Crippen LogP contribution in [-0.4, -0.2) is 12.6 Å². The van der Waals surface area contributed by atoms with Crippen molar-refractivity contribution in [2.45, 2.75) is 71.8 Å². The van der Waals surface area contributed by atoms with E-state index in [-0.39, 0.29) is 0 Å². The second-order valence-corrected chi connectivity index (χ2v) is 5.59. The summed E-state index contributed by atoms with van der Waals surface area (Å²) in [7, 11) is 0. The van der Waals surface area contributed by atoms with Gasteiger partial charge in [-0.2, -0.15) is 0 Å². The van der Waals surface area contributed by atoms with E-state index < -0.39 is 0 Å². The predicted octanol–water partition coefficient (Wildman–Crippen LogP) is 3.98. The Morgan fingerprint density at radius 3 is 2.53 bits per heavy atom. The molecular weight excluding hydrogens is 182 g/mol. The van der Waals surface area contributed by atoms with Crippen LogP contribution in [0.1, 0.15) is 65.7 Å². The zero-order valence-electron chi connectivity index (χ0n) is 10.9. The summed E-state index contributed by atoms with van der Waals surface area (Å²) in [4.78, 5) is 0. The monoisotopic (exact) mass is 211 g/mol. The highest BCUT2D eigenvalue weighted by molar-refractivity contribution is 4.80. The van der Waals surface area contributed by atoms with Gasteiger partial charge in [-0.3, -0.25) is 0 Å². The molecule has 0 aromatic rings. The molecule has 0 heterocycles. The molecule has 0 spiro atoms. The minimum Gasteiger partial charge on any atom is -0.314 e. The SMILES string of the molecule is CCCNC1CCCCCC1CC(C)C. The normalized spacial score (nSPS) is 28.0. The molecule has 0 saturated heterocycles. The largest absolute Gasteiger partial charge is 0.314 e. The maximum atomic E-state index is 3.77. The van der Waals surface area contributed by atoms with E-state index in [0.29, 0.717) is 0 Å². The number of nitrogens with one attached hydrogen (secondary N) is 1. The fraction of sp³-hybridized carbons (Fsp3) is 1.00. The summed E-state index contributed by atoms with van der Waals surface area (Å²) in [6, 6.07) is 0.815. The van der Waals surface area contributed by atoms with Crippen molar-refractivity contribution in [3.63, 3.8) is 0 Å². The second-order valence-electron chi connectivity index (χ2n) is 5.59. The number of hydrogen-bond donors (Lipinski definition) is 1. The van der Waals surface area contributed by atoms with Gasteiger partial charge in [-0.1, -0.05) is 40.0 Å². The van der Waals surface area contributed by atoms with Gasteiger partial charge in [0, 0.05) is 6.04 Å². The van der Waals surface area contributed by atoms with E-state index in [1.54, 1.807) is 0 Å². The highest BCUT2D eigenvalue weighted by Gasteiger charge is 2.23. The summed E-state index contributed by atoms with van der Waals surface area (Å²) in [5, 5.41) is 3.77. The van der Waals surface area contributed by atoms with Crippen LogP contribution in [0.2, 0.25) is 0 Å². The minimum atomic E-state index is 0.815. The molecule has 15 heavy (non-hydrogen) atoms. The topological polar surface area (TPSA) is 12.0 Å². The second kappa shape index (κ2) is 7.27. The molecule has 1 aliphatic carbocycles. The molecule has 0 aromatic carbocycles. The molecule has 0 radical (unpaired) electrons. The number of hydrogen-bond acceptors (Lipinski definition) is 1. The van der Waals surface area contributed by atoms with Crippen LogP contribution < -0.4 is 5.32 Å². The van der Waals surface area contributed by atoms with E-state index in [0.717, 1.165) is 17.9 Å². The Bertz CT molecular complexity index is 153. The average molecular weight is 211 g/mol. The lowest BCUT2D eigenvalue weighted by Crippen LogP contribution is -2.36. The van der Waals surface area contributed by atoms with Crippen LogP contribution in [0.15, 0.2) is 0 Å². The van der Waals surface area contributed by atoms with E-state index in [2.05, 4.69) is 26.1 Å². The molecule has 1 N–H and O–H groups in total. The summed E-state index contributed by atoms with van der Waals surface area (Å²) in [6.45, 7) is 8.20. The zero-order chi connectivity index (χ0) is 11.1. The van der Waals surface area contributed by atoms with Crippen molar-refractivity contribution in [1.29, 1.82) is 0 Å². The van der Waals surface area contributed by atoms with Crippen molar-refractivity contribution in [3.8, 4) is 0 Å². The van der Waals surface area contributed by atoms with Crippen molar-refractivity contribution >= 4 is 0 Å². The summed E-state index contributed by atoms with van der Waals surface area (Å²) in [6.07, 6.45) is 9.92. The first-order valence-corrected chi connectivity index (χ1v) is 6.97. The summed E-state index contributed by atoms with van der Waals surface area (Å²) in [5.74, 6) is 1.80. The van der Waals surface area contributed by atoms with E-state index >= 15 is 0 Å². The molecule has 1 rings (SSSR count). The molecule has 1 aliphatic rings. The van der Waals surface area contributed by atoms with Gasteiger partial charge >= 0.3 is 0 Å².